The van der Waals surface area contributed by atoms with E-state index in [0.717, 1.165) is 4.70 Å². The summed E-state index contributed by atoms with van der Waals surface area (Å²) < 4.78 is 14.0. The van der Waals surface area contributed by atoms with Crippen molar-refractivity contribution in [3.8, 4) is 0 Å². The Kier molecular flexibility index (Phi) is 4.13. The van der Waals surface area contributed by atoms with Crippen molar-refractivity contribution < 1.29 is 14.0 Å². The minimum Gasteiger partial charge on any atom is -0.397 e. The highest BCUT2D eigenvalue weighted by molar-refractivity contribution is 7.21. The summed E-state index contributed by atoms with van der Waals surface area (Å²) in [7, 11) is 0. The Morgan fingerprint density at radius 2 is 2.05 bits per heavy atom. The van der Waals surface area contributed by atoms with Crippen molar-refractivity contribution in [3.05, 3.63) is 28.9 Å². The van der Waals surface area contributed by atoms with E-state index < -0.39 is 11.7 Å². The molecule has 2 aromatic rings. The molecule has 0 bridgehead atoms. The first-order valence-corrected chi connectivity index (χ1v) is 7.19. The Morgan fingerprint density at radius 1 is 1.38 bits per heavy atom. The van der Waals surface area contributed by atoms with E-state index in [1.165, 1.54) is 28.4 Å². The highest BCUT2D eigenvalue weighted by Gasteiger charge is 2.25. The number of nitrogens with two attached hydrogens (primary N) is 2. The Labute approximate surface area is 125 Å². The molecule has 0 fully saturated rings. The number of nitrogen functional groups attached to an aromatic ring is 1. The lowest BCUT2D eigenvalue weighted by Gasteiger charge is -2.24. The number of hydrogen-bond acceptors (Lipinski definition) is 4. The molecule has 0 aliphatic rings. The molecule has 1 aromatic carbocycles. The van der Waals surface area contributed by atoms with Crippen molar-refractivity contribution in [2.45, 2.75) is 19.9 Å². The molecule has 7 heteroatoms. The molecular weight excluding hydrogens is 293 g/mol. The van der Waals surface area contributed by atoms with Crippen LogP contribution < -0.4 is 11.5 Å². The van der Waals surface area contributed by atoms with Crippen LogP contribution in [0.2, 0.25) is 0 Å². The first-order valence-electron chi connectivity index (χ1n) is 6.38. The summed E-state index contributed by atoms with van der Waals surface area (Å²) in [5, 5.41) is 0.506. The normalized spacial score (nSPS) is 11.0. The third-order valence-corrected chi connectivity index (χ3v) is 4.27. The lowest BCUT2D eigenvalue weighted by molar-refractivity contribution is -0.119. The summed E-state index contributed by atoms with van der Waals surface area (Å²) >= 11 is 1.18. The molecule has 5 nitrogen and oxygen atoms in total. The summed E-state index contributed by atoms with van der Waals surface area (Å²) in [5.41, 5.74) is 11.4. The number of hydrogen-bond donors (Lipinski definition) is 2. The maximum atomic E-state index is 13.3. The van der Waals surface area contributed by atoms with E-state index >= 15 is 0 Å². The molecule has 0 saturated carbocycles. The van der Waals surface area contributed by atoms with Crippen molar-refractivity contribution >= 4 is 38.9 Å². The smallest absolute Gasteiger partial charge is 0.266 e. The van der Waals surface area contributed by atoms with E-state index in [-0.39, 0.29) is 24.2 Å². The van der Waals surface area contributed by atoms with E-state index in [1.807, 2.05) is 0 Å². The molecule has 0 unspecified atom stereocenters. The van der Waals surface area contributed by atoms with Gasteiger partial charge in [0.25, 0.3) is 5.91 Å². The van der Waals surface area contributed by atoms with Gasteiger partial charge in [0.1, 0.15) is 10.7 Å². The van der Waals surface area contributed by atoms with Crippen LogP contribution in [-0.2, 0) is 4.79 Å². The maximum Gasteiger partial charge on any atom is 0.266 e. The van der Waals surface area contributed by atoms with Crippen molar-refractivity contribution in [2.24, 2.45) is 5.73 Å². The fourth-order valence-electron chi connectivity index (χ4n) is 2.03. The van der Waals surface area contributed by atoms with Gasteiger partial charge in [-0.15, -0.1) is 11.3 Å². The van der Waals surface area contributed by atoms with Crippen LogP contribution in [0, 0.1) is 5.82 Å². The van der Waals surface area contributed by atoms with Gasteiger partial charge in [-0.2, -0.15) is 0 Å². The number of benzene rings is 1. The Hall–Kier alpha value is -2.15. The van der Waals surface area contributed by atoms with Gasteiger partial charge < -0.3 is 16.4 Å². The van der Waals surface area contributed by atoms with Gasteiger partial charge in [-0.1, -0.05) is 0 Å². The molecule has 0 atom stereocenters. The number of thiophene rings is 1. The standard InChI is InChI=1S/C14H16FN3O2S/c1-7(2)18(6-11(16)19)14(20)13-12(17)9-5-8(15)3-4-10(9)21-13/h3-5,7H,6,17H2,1-2H3,(H2,16,19). The number of primary amides is 1. The first kappa shape index (κ1) is 15.2. The van der Waals surface area contributed by atoms with E-state index in [1.54, 1.807) is 19.9 Å². The molecule has 0 radical (unpaired) electrons. The quantitative estimate of drug-likeness (QED) is 0.904. The van der Waals surface area contributed by atoms with Crippen LogP contribution in [-0.4, -0.2) is 29.3 Å². The molecule has 112 valence electrons. The number of anilines is 1. The maximum absolute atomic E-state index is 13.3. The third-order valence-electron chi connectivity index (χ3n) is 3.09. The molecule has 2 rings (SSSR count). The third kappa shape index (κ3) is 2.97. The van der Waals surface area contributed by atoms with Gasteiger partial charge in [0.2, 0.25) is 5.91 Å². The summed E-state index contributed by atoms with van der Waals surface area (Å²) in [5.74, 6) is -1.38. The lowest BCUT2D eigenvalue weighted by atomic mass is 10.2. The fourth-order valence-corrected chi connectivity index (χ4v) is 3.09. The minimum absolute atomic E-state index is 0.182. The molecule has 1 aromatic heterocycles. The van der Waals surface area contributed by atoms with Crippen LogP contribution in [0.4, 0.5) is 10.1 Å². The van der Waals surface area contributed by atoms with Gasteiger partial charge in [-0.3, -0.25) is 9.59 Å². The second-order valence-electron chi connectivity index (χ2n) is 4.98. The summed E-state index contributed by atoms with van der Waals surface area (Å²) in [6, 6.07) is 3.99. The van der Waals surface area contributed by atoms with Gasteiger partial charge in [-0.25, -0.2) is 4.39 Å². The molecule has 1 heterocycles. The minimum atomic E-state index is -0.595. The Bertz CT molecular complexity index is 712. The van der Waals surface area contributed by atoms with Crippen molar-refractivity contribution in [3.63, 3.8) is 0 Å². The summed E-state index contributed by atoms with van der Waals surface area (Å²) in [6.07, 6.45) is 0. The highest BCUT2D eigenvalue weighted by Crippen LogP contribution is 2.35. The second kappa shape index (κ2) is 5.69. The Balaban J connectivity index is 2.47. The molecule has 2 amide bonds. The van der Waals surface area contributed by atoms with E-state index in [4.69, 9.17) is 11.5 Å². The predicted molar refractivity (Wildman–Crippen MR) is 81.6 cm³/mol. The van der Waals surface area contributed by atoms with Crippen LogP contribution in [0.25, 0.3) is 10.1 Å². The topological polar surface area (TPSA) is 89.4 Å². The number of nitrogens with zero attached hydrogens (tertiary/aromatic N) is 1. The van der Waals surface area contributed by atoms with Gasteiger partial charge in [-0.05, 0) is 32.0 Å². The molecule has 0 spiro atoms. The summed E-state index contributed by atoms with van der Waals surface area (Å²) in [4.78, 5) is 25.3. The zero-order valence-corrected chi connectivity index (χ0v) is 12.5. The van der Waals surface area contributed by atoms with Crippen LogP contribution >= 0.6 is 11.3 Å². The molecule has 21 heavy (non-hydrogen) atoms. The van der Waals surface area contributed by atoms with Crippen molar-refractivity contribution in [1.82, 2.24) is 4.90 Å². The molecule has 0 aliphatic heterocycles. The van der Waals surface area contributed by atoms with Gasteiger partial charge >= 0.3 is 0 Å². The van der Waals surface area contributed by atoms with Crippen molar-refractivity contribution in [1.29, 1.82) is 0 Å². The molecule has 0 saturated heterocycles. The molecule has 0 aliphatic carbocycles. The lowest BCUT2D eigenvalue weighted by Crippen LogP contribution is -2.42. The largest absolute Gasteiger partial charge is 0.397 e. The van der Waals surface area contributed by atoms with Crippen LogP contribution in [0.5, 0.6) is 0 Å². The van der Waals surface area contributed by atoms with Crippen LogP contribution in [0.3, 0.4) is 0 Å². The number of carbonyl (C=O) groups is 2. The van der Waals surface area contributed by atoms with E-state index in [9.17, 15) is 14.0 Å². The number of halogens is 1. The number of carbonyl (C=O) groups excluding carboxylic acids is 2. The fraction of sp³-hybridized carbons (Fsp3) is 0.286. The zero-order valence-electron chi connectivity index (χ0n) is 11.7. The molecular formula is C14H16FN3O2S. The number of fused-ring (bicyclic) bond motifs is 1. The van der Waals surface area contributed by atoms with Crippen molar-refractivity contribution in [2.75, 3.05) is 12.3 Å². The number of rotatable bonds is 4. The number of amides is 2. The van der Waals surface area contributed by atoms with Gasteiger partial charge in [0.15, 0.2) is 0 Å². The Morgan fingerprint density at radius 3 is 2.62 bits per heavy atom. The average Bonchev–Trinajstić information content (AvgIpc) is 2.72. The van der Waals surface area contributed by atoms with Gasteiger partial charge in [0, 0.05) is 16.1 Å². The SMILES string of the molecule is CC(C)N(CC(N)=O)C(=O)c1sc2ccc(F)cc2c1N. The van der Waals surface area contributed by atoms with Crippen LogP contribution in [0.1, 0.15) is 23.5 Å². The predicted octanol–water partition coefficient (Wildman–Crippen LogP) is 1.96. The monoisotopic (exact) mass is 309 g/mol. The molecule has 4 N–H and O–H groups in total. The van der Waals surface area contributed by atoms with E-state index in [0.29, 0.717) is 10.3 Å². The first-order chi connectivity index (χ1) is 9.81. The zero-order chi connectivity index (χ0) is 15.7. The second-order valence-corrected chi connectivity index (χ2v) is 6.03. The van der Waals surface area contributed by atoms with E-state index in [2.05, 4.69) is 0 Å². The summed E-state index contributed by atoms with van der Waals surface area (Å²) in [6.45, 7) is 3.38. The average molecular weight is 309 g/mol. The van der Waals surface area contributed by atoms with Gasteiger partial charge in [0.05, 0.1) is 12.2 Å². The highest BCUT2D eigenvalue weighted by atomic mass is 32.1. The van der Waals surface area contributed by atoms with Crippen LogP contribution in [0.15, 0.2) is 18.2 Å².